The SMILES string of the molecule is CCCSc1ncc2c(N)snc2n1. The molecule has 0 aliphatic carbocycles. The third kappa shape index (κ3) is 1.80. The number of hydrogen-bond donors (Lipinski definition) is 1. The summed E-state index contributed by atoms with van der Waals surface area (Å²) in [4.78, 5) is 8.52. The van der Waals surface area contributed by atoms with Gasteiger partial charge < -0.3 is 5.73 Å². The summed E-state index contributed by atoms with van der Waals surface area (Å²) in [5.41, 5.74) is 6.40. The predicted molar refractivity (Wildman–Crippen MR) is 60.6 cm³/mol. The van der Waals surface area contributed by atoms with Crippen molar-refractivity contribution in [3.63, 3.8) is 0 Å². The van der Waals surface area contributed by atoms with Crippen LogP contribution >= 0.6 is 23.3 Å². The molecule has 0 spiro atoms. The number of fused-ring (bicyclic) bond motifs is 1. The van der Waals surface area contributed by atoms with Gasteiger partial charge >= 0.3 is 0 Å². The van der Waals surface area contributed by atoms with Gasteiger partial charge in [-0.05, 0) is 18.0 Å². The molecule has 4 nitrogen and oxygen atoms in total. The van der Waals surface area contributed by atoms with E-state index in [4.69, 9.17) is 5.73 Å². The molecule has 0 atom stereocenters. The molecule has 2 heterocycles. The average molecular weight is 226 g/mol. The van der Waals surface area contributed by atoms with E-state index >= 15 is 0 Å². The molecule has 0 saturated heterocycles. The first-order valence-corrected chi connectivity index (χ1v) is 6.08. The maximum atomic E-state index is 5.70. The maximum absolute atomic E-state index is 5.70. The Morgan fingerprint density at radius 2 is 2.43 bits per heavy atom. The van der Waals surface area contributed by atoms with Crippen LogP contribution in [0.15, 0.2) is 11.4 Å². The molecule has 74 valence electrons. The van der Waals surface area contributed by atoms with Crippen molar-refractivity contribution in [2.45, 2.75) is 18.5 Å². The van der Waals surface area contributed by atoms with Gasteiger partial charge in [-0.2, -0.15) is 4.37 Å². The van der Waals surface area contributed by atoms with Crippen molar-refractivity contribution in [1.29, 1.82) is 0 Å². The third-order valence-electron chi connectivity index (χ3n) is 1.68. The number of thioether (sulfide) groups is 1. The first-order chi connectivity index (χ1) is 6.81. The van der Waals surface area contributed by atoms with Crippen LogP contribution in [-0.2, 0) is 0 Å². The molecular weight excluding hydrogens is 216 g/mol. The fourth-order valence-corrected chi connectivity index (χ4v) is 2.24. The number of nitrogen functional groups attached to an aromatic ring is 1. The van der Waals surface area contributed by atoms with Crippen molar-refractivity contribution in [2.75, 3.05) is 11.5 Å². The normalized spacial score (nSPS) is 10.9. The number of nitrogens with zero attached hydrogens (tertiary/aromatic N) is 3. The Bertz CT molecular complexity index is 440. The number of aromatic nitrogens is 3. The topological polar surface area (TPSA) is 64.7 Å². The first-order valence-electron chi connectivity index (χ1n) is 4.32. The van der Waals surface area contributed by atoms with E-state index < -0.39 is 0 Å². The molecule has 14 heavy (non-hydrogen) atoms. The van der Waals surface area contributed by atoms with E-state index in [1.165, 1.54) is 11.5 Å². The number of hydrogen-bond acceptors (Lipinski definition) is 6. The molecule has 2 aromatic rings. The van der Waals surface area contributed by atoms with E-state index in [2.05, 4.69) is 21.3 Å². The molecule has 2 N–H and O–H groups in total. The molecule has 0 amide bonds. The van der Waals surface area contributed by atoms with E-state index in [1.807, 2.05) is 0 Å². The van der Waals surface area contributed by atoms with Gasteiger partial charge in [0.05, 0.1) is 5.39 Å². The Balaban J connectivity index is 2.32. The fraction of sp³-hybridized carbons (Fsp3) is 0.375. The van der Waals surface area contributed by atoms with Gasteiger partial charge in [-0.25, -0.2) is 9.97 Å². The molecule has 2 rings (SSSR count). The summed E-state index contributed by atoms with van der Waals surface area (Å²) in [7, 11) is 0. The van der Waals surface area contributed by atoms with Crippen molar-refractivity contribution in [3.05, 3.63) is 6.20 Å². The second-order valence-corrected chi connectivity index (χ2v) is 4.65. The minimum absolute atomic E-state index is 0.687. The summed E-state index contributed by atoms with van der Waals surface area (Å²) < 4.78 is 4.14. The molecule has 2 aromatic heterocycles. The fourth-order valence-electron chi connectivity index (χ4n) is 1.01. The second-order valence-electron chi connectivity index (χ2n) is 2.79. The van der Waals surface area contributed by atoms with Crippen LogP contribution in [0.4, 0.5) is 5.00 Å². The van der Waals surface area contributed by atoms with Gasteiger partial charge in [-0.15, -0.1) is 0 Å². The number of rotatable bonds is 3. The quantitative estimate of drug-likeness (QED) is 0.642. The lowest BCUT2D eigenvalue weighted by Crippen LogP contribution is -1.88. The van der Waals surface area contributed by atoms with Gasteiger partial charge in [0.15, 0.2) is 10.8 Å². The molecule has 0 radical (unpaired) electrons. The van der Waals surface area contributed by atoms with E-state index in [0.717, 1.165) is 22.7 Å². The van der Waals surface area contributed by atoms with E-state index in [0.29, 0.717) is 10.6 Å². The van der Waals surface area contributed by atoms with Crippen LogP contribution < -0.4 is 5.73 Å². The molecule has 6 heteroatoms. The standard InChI is InChI=1S/C8H10N4S2/c1-2-3-13-8-10-4-5-6(9)14-12-7(5)11-8/h4H,2-3,9H2,1H3. The molecule has 0 aliphatic rings. The first kappa shape index (κ1) is 9.67. The lowest BCUT2D eigenvalue weighted by molar-refractivity contribution is 0.989. The summed E-state index contributed by atoms with van der Waals surface area (Å²) in [6.45, 7) is 2.13. The van der Waals surface area contributed by atoms with Crippen LogP contribution in [0.2, 0.25) is 0 Å². The van der Waals surface area contributed by atoms with Crippen LogP contribution in [0.5, 0.6) is 0 Å². The zero-order valence-electron chi connectivity index (χ0n) is 7.73. The Kier molecular flexibility index (Phi) is 2.83. The smallest absolute Gasteiger partial charge is 0.189 e. The second kappa shape index (κ2) is 4.10. The summed E-state index contributed by atoms with van der Waals surface area (Å²) in [5, 5.41) is 2.33. The molecular formula is C8H10N4S2. The van der Waals surface area contributed by atoms with Gasteiger partial charge in [-0.1, -0.05) is 18.7 Å². The Morgan fingerprint density at radius 1 is 1.57 bits per heavy atom. The third-order valence-corrected chi connectivity index (χ3v) is 3.43. The van der Waals surface area contributed by atoms with Crippen molar-refractivity contribution in [3.8, 4) is 0 Å². The summed E-state index contributed by atoms with van der Waals surface area (Å²) in [6, 6.07) is 0. The largest absolute Gasteiger partial charge is 0.389 e. The highest BCUT2D eigenvalue weighted by Gasteiger charge is 2.06. The highest BCUT2D eigenvalue weighted by atomic mass is 32.2. The lowest BCUT2D eigenvalue weighted by atomic mass is 10.4. The molecule has 0 bridgehead atoms. The van der Waals surface area contributed by atoms with Gasteiger partial charge in [0.25, 0.3) is 0 Å². The molecule has 0 fully saturated rings. The predicted octanol–water partition coefficient (Wildman–Crippen LogP) is 2.17. The summed E-state index contributed by atoms with van der Waals surface area (Å²) >= 11 is 2.91. The van der Waals surface area contributed by atoms with Gasteiger partial charge in [0.2, 0.25) is 0 Å². The van der Waals surface area contributed by atoms with Crippen molar-refractivity contribution < 1.29 is 0 Å². The number of nitrogens with two attached hydrogens (primary N) is 1. The van der Waals surface area contributed by atoms with Crippen LogP contribution in [0.25, 0.3) is 11.0 Å². The lowest BCUT2D eigenvalue weighted by Gasteiger charge is -1.96. The summed E-state index contributed by atoms with van der Waals surface area (Å²) in [5.74, 6) is 1.03. The average Bonchev–Trinajstić information content (AvgIpc) is 2.57. The van der Waals surface area contributed by atoms with E-state index in [9.17, 15) is 0 Å². The zero-order valence-corrected chi connectivity index (χ0v) is 9.36. The van der Waals surface area contributed by atoms with Crippen LogP contribution in [0.3, 0.4) is 0 Å². The highest BCUT2D eigenvalue weighted by molar-refractivity contribution is 7.99. The number of anilines is 1. The molecule has 0 aromatic carbocycles. The highest BCUT2D eigenvalue weighted by Crippen LogP contribution is 2.24. The molecule has 0 unspecified atom stereocenters. The molecule has 0 aliphatic heterocycles. The Labute approximate surface area is 90.1 Å². The van der Waals surface area contributed by atoms with Crippen LogP contribution in [-0.4, -0.2) is 20.1 Å². The minimum Gasteiger partial charge on any atom is -0.389 e. The van der Waals surface area contributed by atoms with Crippen LogP contribution in [0, 0.1) is 0 Å². The Hall–Kier alpha value is -0.880. The maximum Gasteiger partial charge on any atom is 0.189 e. The van der Waals surface area contributed by atoms with Gasteiger partial charge in [0, 0.05) is 11.9 Å². The van der Waals surface area contributed by atoms with Gasteiger partial charge in [-0.3, -0.25) is 0 Å². The summed E-state index contributed by atoms with van der Waals surface area (Å²) in [6.07, 6.45) is 2.87. The van der Waals surface area contributed by atoms with E-state index in [1.54, 1.807) is 18.0 Å². The van der Waals surface area contributed by atoms with Crippen LogP contribution in [0.1, 0.15) is 13.3 Å². The zero-order chi connectivity index (χ0) is 9.97. The minimum atomic E-state index is 0.687. The monoisotopic (exact) mass is 226 g/mol. The van der Waals surface area contributed by atoms with Crippen molar-refractivity contribution in [1.82, 2.24) is 14.3 Å². The van der Waals surface area contributed by atoms with Crippen molar-refractivity contribution >= 4 is 39.3 Å². The van der Waals surface area contributed by atoms with Crippen molar-refractivity contribution in [2.24, 2.45) is 0 Å². The molecule has 0 saturated carbocycles. The Morgan fingerprint density at radius 3 is 3.21 bits per heavy atom. The van der Waals surface area contributed by atoms with Gasteiger partial charge in [0.1, 0.15) is 5.00 Å². The van der Waals surface area contributed by atoms with E-state index in [-0.39, 0.29) is 0 Å².